The molecule has 0 atom stereocenters. The van der Waals surface area contributed by atoms with Crippen molar-refractivity contribution in [3.63, 3.8) is 0 Å². The minimum atomic E-state index is 0.0436. The van der Waals surface area contributed by atoms with Crippen LogP contribution in [0, 0.1) is 13.8 Å². The second kappa shape index (κ2) is 6.59. The van der Waals surface area contributed by atoms with E-state index in [0.717, 1.165) is 21.7 Å². The third kappa shape index (κ3) is 3.64. The average Bonchev–Trinajstić information content (AvgIpc) is 2.55. The van der Waals surface area contributed by atoms with Gasteiger partial charge in [-0.3, -0.25) is 9.59 Å². The van der Waals surface area contributed by atoms with Crippen molar-refractivity contribution >= 4 is 29.1 Å². The molecule has 0 fully saturated rings. The van der Waals surface area contributed by atoms with Crippen molar-refractivity contribution in [1.29, 1.82) is 0 Å². The summed E-state index contributed by atoms with van der Waals surface area (Å²) in [5.74, 6) is 0.591. The monoisotopic (exact) mass is 325 g/mol. The lowest BCUT2D eigenvalue weighted by Crippen LogP contribution is -2.19. The molecular weight excluding hydrogens is 306 g/mol. The van der Waals surface area contributed by atoms with Crippen LogP contribution in [0.4, 0.5) is 5.69 Å². The topological polar surface area (TPSA) is 46.2 Å². The van der Waals surface area contributed by atoms with E-state index < -0.39 is 0 Å². The summed E-state index contributed by atoms with van der Waals surface area (Å²) < 4.78 is 0. The number of carbonyl (C=O) groups excluding carboxylic acids is 2. The molecule has 3 nitrogen and oxygen atoms in total. The first-order valence-corrected chi connectivity index (χ1v) is 8.67. The normalized spacial score (nSPS) is 13.4. The highest BCUT2D eigenvalue weighted by Gasteiger charge is 2.17. The Morgan fingerprint density at radius 3 is 2.78 bits per heavy atom. The number of thioether (sulfide) groups is 1. The van der Waals surface area contributed by atoms with Crippen LogP contribution in [0.1, 0.15) is 33.5 Å². The Labute approximate surface area is 140 Å². The number of carbonyl (C=O) groups is 2. The van der Waals surface area contributed by atoms with Crippen LogP contribution < -0.4 is 5.32 Å². The Hall–Kier alpha value is -2.07. The molecule has 0 saturated heterocycles. The molecule has 2 aromatic rings. The number of nitrogens with one attached hydrogen (secondary N) is 1. The lowest BCUT2D eigenvalue weighted by molar-refractivity contribution is -0.116. The smallest absolute Gasteiger partial charge is 0.224 e. The quantitative estimate of drug-likeness (QED) is 0.678. The molecule has 0 saturated carbocycles. The highest BCUT2D eigenvalue weighted by Crippen LogP contribution is 2.27. The molecule has 2 aromatic carbocycles. The number of hydrogen-bond donors (Lipinski definition) is 1. The molecule has 0 spiro atoms. The minimum absolute atomic E-state index is 0.0436. The fourth-order valence-electron chi connectivity index (χ4n) is 2.65. The fourth-order valence-corrected chi connectivity index (χ4v) is 3.66. The molecule has 0 radical (unpaired) electrons. The lowest BCUT2D eigenvalue weighted by Gasteiger charge is -2.17. The maximum Gasteiger partial charge on any atom is 0.224 e. The van der Waals surface area contributed by atoms with Gasteiger partial charge >= 0.3 is 0 Å². The van der Waals surface area contributed by atoms with E-state index in [-0.39, 0.29) is 11.7 Å². The van der Waals surface area contributed by atoms with Crippen molar-refractivity contribution in [1.82, 2.24) is 0 Å². The molecular formula is C19H19NO2S. The van der Waals surface area contributed by atoms with Gasteiger partial charge in [-0.1, -0.05) is 17.7 Å². The molecule has 0 aliphatic carbocycles. The van der Waals surface area contributed by atoms with Gasteiger partial charge in [0.2, 0.25) is 5.91 Å². The van der Waals surface area contributed by atoms with E-state index in [1.165, 1.54) is 11.1 Å². The molecule has 0 unspecified atom stereocenters. The minimum Gasteiger partial charge on any atom is -0.326 e. The summed E-state index contributed by atoms with van der Waals surface area (Å²) in [6.07, 6.45) is 1.19. The van der Waals surface area contributed by atoms with Gasteiger partial charge in [-0.05, 0) is 55.7 Å². The number of Topliss-reactive ketones (excluding diaryl/α,β-unsaturated/α-hetero) is 1. The summed E-state index contributed by atoms with van der Waals surface area (Å²) in [4.78, 5) is 25.0. The number of ketones is 1. The molecule has 1 aliphatic rings. The molecule has 1 N–H and O–H groups in total. The van der Waals surface area contributed by atoms with Gasteiger partial charge in [0.05, 0.1) is 5.75 Å². The zero-order valence-electron chi connectivity index (χ0n) is 13.3. The largest absolute Gasteiger partial charge is 0.326 e. The number of aryl methyl sites for hydroxylation is 3. The number of rotatable bonds is 4. The van der Waals surface area contributed by atoms with Crippen molar-refractivity contribution in [2.24, 2.45) is 0 Å². The van der Waals surface area contributed by atoms with Crippen LogP contribution in [0.3, 0.4) is 0 Å². The van der Waals surface area contributed by atoms with Crippen LogP contribution in [-0.2, 0) is 11.2 Å². The van der Waals surface area contributed by atoms with Gasteiger partial charge in [0, 0.05) is 22.6 Å². The molecule has 118 valence electrons. The third-order valence-corrected chi connectivity index (χ3v) is 5.18. The maximum absolute atomic E-state index is 12.5. The number of hydrogen-bond acceptors (Lipinski definition) is 3. The molecule has 23 heavy (non-hydrogen) atoms. The van der Waals surface area contributed by atoms with Crippen LogP contribution in [0.5, 0.6) is 0 Å². The number of amides is 1. The van der Waals surface area contributed by atoms with Crippen molar-refractivity contribution in [2.75, 3.05) is 11.1 Å². The van der Waals surface area contributed by atoms with Crippen LogP contribution >= 0.6 is 11.8 Å². The summed E-state index contributed by atoms with van der Waals surface area (Å²) in [6, 6.07) is 11.8. The molecule has 1 amide bonds. The standard InChI is InChI=1S/C19H19NO2S/c1-12-3-4-13(2)18(9-12)23-11-17(21)15-5-7-16-14(10-15)6-8-19(22)20-16/h3-5,7,9-10H,6,8,11H2,1-2H3,(H,20,22). The zero-order chi connectivity index (χ0) is 16.4. The molecule has 0 bridgehead atoms. The number of anilines is 1. The summed E-state index contributed by atoms with van der Waals surface area (Å²) >= 11 is 1.58. The first-order valence-electron chi connectivity index (χ1n) is 7.69. The van der Waals surface area contributed by atoms with E-state index in [1.54, 1.807) is 17.8 Å². The maximum atomic E-state index is 12.5. The van der Waals surface area contributed by atoms with Gasteiger partial charge in [-0.2, -0.15) is 0 Å². The molecule has 4 heteroatoms. The van der Waals surface area contributed by atoms with Gasteiger partial charge < -0.3 is 5.32 Å². The van der Waals surface area contributed by atoms with Crippen LogP contribution in [0.15, 0.2) is 41.3 Å². The van der Waals surface area contributed by atoms with Gasteiger partial charge in [-0.15, -0.1) is 11.8 Å². The van der Waals surface area contributed by atoms with Crippen molar-refractivity contribution in [3.8, 4) is 0 Å². The zero-order valence-corrected chi connectivity index (χ0v) is 14.1. The van der Waals surface area contributed by atoms with Gasteiger partial charge in [0.25, 0.3) is 0 Å². The number of benzene rings is 2. The molecule has 1 aliphatic heterocycles. The van der Waals surface area contributed by atoms with Crippen molar-refractivity contribution < 1.29 is 9.59 Å². The average molecular weight is 325 g/mol. The van der Waals surface area contributed by atoms with E-state index in [4.69, 9.17) is 0 Å². The Kier molecular flexibility index (Phi) is 4.53. The molecule has 3 rings (SSSR count). The fraction of sp³-hybridized carbons (Fsp3) is 0.263. The van der Waals surface area contributed by atoms with Crippen molar-refractivity contribution in [3.05, 3.63) is 58.7 Å². The summed E-state index contributed by atoms with van der Waals surface area (Å²) in [7, 11) is 0. The molecule has 0 aromatic heterocycles. The highest BCUT2D eigenvalue weighted by atomic mass is 32.2. The van der Waals surface area contributed by atoms with Crippen LogP contribution in [-0.4, -0.2) is 17.4 Å². The Morgan fingerprint density at radius 2 is 1.96 bits per heavy atom. The van der Waals surface area contributed by atoms with E-state index >= 15 is 0 Å². The first kappa shape index (κ1) is 15.8. The SMILES string of the molecule is Cc1ccc(C)c(SCC(=O)c2ccc3c(c2)CCC(=O)N3)c1. The molecule has 1 heterocycles. The van der Waals surface area contributed by atoms with E-state index in [2.05, 4.69) is 37.4 Å². The lowest BCUT2D eigenvalue weighted by atomic mass is 9.99. The van der Waals surface area contributed by atoms with E-state index in [1.807, 2.05) is 12.1 Å². The van der Waals surface area contributed by atoms with Gasteiger partial charge in [-0.25, -0.2) is 0 Å². The second-order valence-electron chi connectivity index (χ2n) is 5.90. The van der Waals surface area contributed by atoms with E-state index in [9.17, 15) is 9.59 Å². The van der Waals surface area contributed by atoms with Crippen LogP contribution in [0.2, 0.25) is 0 Å². The Balaban J connectivity index is 1.71. The predicted octanol–water partition coefficient (Wildman–Crippen LogP) is 4.16. The summed E-state index contributed by atoms with van der Waals surface area (Å²) in [5, 5.41) is 2.84. The third-order valence-electron chi connectivity index (χ3n) is 4.03. The Morgan fingerprint density at radius 1 is 1.13 bits per heavy atom. The Bertz CT molecular complexity index is 783. The second-order valence-corrected chi connectivity index (χ2v) is 6.92. The van der Waals surface area contributed by atoms with Gasteiger partial charge in [0.1, 0.15) is 0 Å². The first-order chi connectivity index (χ1) is 11.0. The van der Waals surface area contributed by atoms with Crippen molar-refractivity contribution in [2.45, 2.75) is 31.6 Å². The predicted molar refractivity (Wildman–Crippen MR) is 94.4 cm³/mol. The van der Waals surface area contributed by atoms with Crippen LogP contribution in [0.25, 0.3) is 0 Å². The van der Waals surface area contributed by atoms with Gasteiger partial charge in [0.15, 0.2) is 5.78 Å². The number of fused-ring (bicyclic) bond motifs is 1. The summed E-state index contributed by atoms with van der Waals surface area (Å²) in [5.41, 5.74) is 5.00. The highest BCUT2D eigenvalue weighted by molar-refractivity contribution is 8.00. The van der Waals surface area contributed by atoms with E-state index in [0.29, 0.717) is 18.6 Å². The summed E-state index contributed by atoms with van der Waals surface area (Å²) in [6.45, 7) is 4.12.